The summed E-state index contributed by atoms with van der Waals surface area (Å²) in [7, 11) is -3.41. The fraction of sp³-hybridized carbons (Fsp3) is 1.00. The van der Waals surface area contributed by atoms with Crippen LogP contribution >= 0.6 is 0 Å². The van der Waals surface area contributed by atoms with E-state index in [2.05, 4.69) is 9.76 Å². The second-order valence-corrected chi connectivity index (χ2v) is 3.70. The molecule has 0 bridgehead atoms. The van der Waals surface area contributed by atoms with Gasteiger partial charge >= 0.3 is 29.6 Å². The SMILES string of the molecule is CCS(=O)(=O)ONC(C)N.[H-].[Na+]. The van der Waals surface area contributed by atoms with Crippen LogP contribution in [0.15, 0.2) is 0 Å². The van der Waals surface area contributed by atoms with Crippen LogP contribution in [0.4, 0.5) is 0 Å². The van der Waals surface area contributed by atoms with Crippen molar-refractivity contribution in [1.82, 2.24) is 5.48 Å². The van der Waals surface area contributed by atoms with Crippen LogP contribution in [0, 0.1) is 0 Å². The van der Waals surface area contributed by atoms with Gasteiger partial charge in [0.25, 0.3) is 10.1 Å². The summed E-state index contributed by atoms with van der Waals surface area (Å²) in [6.07, 6.45) is -0.485. The quantitative estimate of drug-likeness (QED) is 0.272. The molecule has 1 atom stereocenters. The van der Waals surface area contributed by atoms with Crippen LogP contribution in [0.1, 0.15) is 15.3 Å². The van der Waals surface area contributed by atoms with E-state index in [4.69, 9.17) is 5.73 Å². The zero-order valence-electron chi connectivity index (χ0n) is 7.99. The van der Waals surface area contributed by atoms with Gasteiger partial charge in [0, 0.05) is 0 Å². The van der Waals surface area contributed by atoms with E-state index in [0.29, 0.717) is 0 Å². The summed E-state index contributed by atoms with van der Waals surface area (Å²) in [6, 6.07) is 0. The summed E-state index contributed by atoms with van der Waals surface area (Å²) < 4.78 is 25.4. The molecule has 0 heterocycles. The normalized spacial score (nSPS) is 13.7. The van der Waals surface area contributed by atoms with Gasteiger partial charge in [0.05, 0.1) is 11.9 Å². The molecule has 0 aliphatic heterocycles. The molecule has 0 amide bonds. The first-order valence-electron chi connectivity index (χ1n) is 2.90. The van der Waals surface area contributed by atoms with E-state index in [-0.39, 0.29) is 36.7 Å². The summed E-state index contributed by atoms with van der Waals surface area (Å²) >= 11 is 0. The van der Waals surface area contributed by atoms with Gasteiger partial charge in [-0.25, -0.2) is 0 Å². The van der Waals surface area contributed by atoms with E-state index in [0.717, 1.165) is 0 Å². The Morgan fingerprint density at radius 1 is 1.73 bits per heavy atom. The molecule has 0 aliphatic rings. The minimum atomic E-state index is -3.41. The third kappa shape index (κ3) is 8.74. The maximum Gasteiger partial charge on any atom is 1.00 e. The second-order valence-electron chi connectivity index (χ2n) is 1.84. The van der Waals surface area contributed by atoms with E-state index in [1.807, 2.05) is 0 Å². The third-order valence-electron chi connectivity index (χ3n) is 0.715. The van der Waals surface area contributed by atoms with E-state index in [9.17, 15) is 8.42 Å². The van der Waals surface area contributed by atoms with Crippen molar-refractivity contribution in [3.63, 3.8) is 0 Å². The fourth-order valence-corrected chi connectivity index (χ4v) is 0.624. The average Bonchev–Trinajstić information content (AvgIpc) is 1.85. The van der Waals surface area contributed by atoms with Crippen molar-refractivity contribution in [2.45, 2.75) is 20.0 Å². The molecular weight excluding hydrogens is 179 g/mol. The second kappa shape index (κ2) is 6.36. The monoisotopic (exact) mass is 192 g/mol. The van der Waals surface area contributed by atoms with Crippen molar-refractivity contribution < 1.29 is 43.7 Å². The molecule has 0 fully saturated rings. The summed E-state index contributed by atoms with van der Waals surface area (Å²) in [6.45, 7) is 3.06. The van der Waals surface area contributed by atoms with E-state index >= 15 is 0 Å². The van der Waals surface area contributed by atoms with Crippen molar-refractivity contribution >= 4 is 10.1 Å². The van der Waals surface area contributed by atoms with Gasteiger partial charge < -0.3 is 7.16 Å². The molecule has 0 saturated heterocycles. The van der Waals surface area contributed by atoms with Crippen LogP contribution in [0.5, 0.6) is 0 Å². The van der Waals surface area contributed by atoms with Gasteiger partial charge in [-0.2, -0.15) is 18.2 Å². The first kappa shape index (κ1) is 14.4. The molecule has 0 aromatic heterocycles. The van der Waals surface area contributed by atoms with E-state index < -0.39 is 16.3 Å². The molecular formula is C4H13N2NaO3S. The van der Waals surface area contributed by atoms with Crippen LogP contribution in [-0.4, -0.2) is 20.3 Å². The maximum absolute atomic E-state index is 10.6. The summed E-state index contributed by atoms with van der Waals surface area (Å²) in [4.78, 5) is 0. The molecule has 0 radical (unpaired) electrons. The molecule has 0 aromatic rings. The Kier molecular flexibility index (Phi) is 8.30. The van der Waals surface area contributed by atoms with Gasteiger partial charge in [-0.3, -0.25) is 0 Å². The molecule has 0 aromatic carbocycles. The number of nitrogens with one attached hydrogen (secondary N) is 1. The van der Waals surface area contributed by atoms with Gasteiger partial charge in [0.2, 0.25) is 0 Å². The Morgan fingerprint density at radius 3 is 2.45 bits per heavy atom. The molecule has 3 N–H and O–H groups in total. The topological polar surface area (TPSA) is 81.4 Å². The molecule has 11 heavy (non-hydrogen) atoms. The Labute approximate surface area is 90.5 Å². The van der Waals surface area contributed by atoms with Crippen LogP contribution in [0.2, 0.25) is 0 Å². The first-order valence-corrected chi connectivity index (χ1v) is 4.48. The summed E-state index contributed by atoms with van der Waals surface area (Å²) in [5.41, 5.74) is 7.28. The number of nitrogens with two attached hydrogens (primary N) is 1. The minimum Gasteiger partial charge on any atom is -1.00 e. The van der Waals surface area contributed by atoms with Crippen LogP contribution in [-0.2, 0) is 14.4 Å². The van der Waals surface area contributed by atoms with Crippen molar-refractivity contribution in [2.24, 2.45) is 5.73 Å². The van der Waals surface area contributed by atoms with Gasteiger partial charge in [0.1, 0.15) is 0 Å². The van der Waals surface area contributed by atoms with Gasteiger partial charge in [-0.15, -0.1) is 0 Å². The van der Waals surface area contributed by atoms with Crippen molar-refractivity contribution in [1.29, 1.82) is 0 Å². The first-order chi connectivity index (χ1) is 4.48. The van der Waals surface area contributed by atoms with Crippen molar-refractivity contribution in [3.8, 4) is 0 Å². The zero-order chi connectivity index (χ0) is 8.20. The molecule has 0 saturated carbocycles. The Morgan fingerprint density at radius 2 is 2.18 bits per heavy atom. The molecule has 0 aliphatic carbocycles. The summed E-state index contributed by atoms with van der Waals surface area (Å²) in [5, 5.41) is 0. The standard InChI is InChI=1S/C4H12N2O3S.Na.H/c1-3-10(7,8)9-6-4(2)5;;/h4,6H,3,5H2,1-2H3;;/q;+1;-1. The van der Waals surface area contributed by atoms with Gasteiger partial charge in [0.15, 0.2) is 0 Å². The van der Waals surface area contributed by atoms with Crippen LogP contribution in [0.25, 0.3) is 0 Å². The Bertz CT molecular complexity index is 185. The molecule has 0 rings (SSSR count). The maximum atomic E-state index is 10.6. The molecule has 7 heteroatoms. The van der Waals surface area contributed by atoms with E-state index in [1.165, 1.54) is 6.92 Å². The Hall–Kier alpha value is 0.830. The fourth-order valence-electron chi connectivity index (χ4n) is 0.208. The number of rotatable bonds is 4. The zero-order valence-corrected chi connectivity index (χ0v) is 9.81. The smallest absolute Gasteiger partial charge is 1.00 e. The van der Waals surface area contributed by atoms with Gasteiger partial charge in [-0.1, -0.05) is 0 Å². The average molecular weight is 192 g/mol. The predicted octanol–water partition coefficient (Wildman–Crippen LogP) is -3.72. The largest absolute Gasteiger partial charge is 1.00 e. The van der Waals surface area contributed by atoms with Crippen LogP contribution < -0.4 is 40.8 Å². The summed E-state index contributed by atoms with van der Waals surface area (Å²) in [5.74, 6) is -0.0628. The van der Waals surface area contributed by atoms with Gasteiger partial charge in [-0.05, 0) is 13.8 Å². The molecule has 1 unspecified atom stereocenters. The number of hydroxylamine groups is 1. The molecule has 64 valence electrons. The van der Waals surface area contributed by atoms with Crippen molar-refractivity contribution in [2.75, 3.05) is 5.75 Å². The third-order valence-corrected chi connectivity index (χ3v) is 1.77. The minimum absolute atomic E-state index is 0. The number of hydrogen-bond donors (Lipinski definition) is 2. The van der Waals surface area contributed by atoms with Crippen LogP contribution in [0.3, 0.4) is 0 Å². The molecule has 0 spiro atoms. The number of hydrogen-bond acceptors (Lipinski definition) is 5. The Balaban J connectivity index is -0.000000405. The predicted molar refractivity (Wildman–Crippen MR) is 38.4 cm³/mol. The van der Waals surface area contributed by atoms with Crippen molar-refractivity contribution in [3.05, 3.63) is 0 Å². The molecule has 5 nitrogen and oxygen atoms in total. The van der Waals surface area contributed by atoms with E-state index in [1.54, 1.807) is 6.92 Å².